The Balaban J connectivity index is 0.00000220. The van der Waals surface area contributed by atoms with Gasteiger partial charge < -0.3 is 20.9 Å². The first-order chi connectivity index (χ1) is 29.6. The molecule has 0 fully saturated rings. The predicted octanol–water partition coefficient (Wildman–Crippen LogP) is 8.21. The molecule has 9 heterocycles. The Morgan fingerprint density at radius 3 is 0.857 bits per heavy atom. The minimum Gasteiger partial charge on any atom is -0.870 e. The van der Waals surface area contributed by atoms with Gasteiger partial charge in [-0.05, 0) is 97.1 Å². The summed E-state index contributed by atoms with van der Waals surface area (Å²) in [5, 5.41) is 0. The normalized spacial score (nSPS) is 11.2. The number of hydrogen-bond donors (Lipinski definition) is 2. The maximum Gasteiger partial charge on any atom is 2.00 e. The molecular weight excluding hydrogens is 824 g/mol. The van der Waals surface area contributed by atoms with Crippen molar-refractivity contribution in [1.82, 2.24) is 19.9 Å². The van der Waals surface area contributed by atoms with Crippen LogP contribution in [0, 0.1) is 0 Å². The number of fused-ring (bicyclic) bond motifs is 8. The first-order valence-corrected chi connectivity index (χ1v) is 20.1. The van der Waals surface area contributed by atoms with Crippen molar-refractivity contribution in [1.29, 1.82) is 0 Å². The maximum atomic E-state index is 5.52. The molecule has 0 atom stereocenters. The first kappa shape index (κ1) is 45.1. The summed E-state index contributed by atoms with van der Waals surface area (Å²) >= 11 is 0. The molecule has 0 aromatic carbocycles. The van der Waals surface area contributed by atoms with E-state index in [1.807, 2.05) is 48.6 Å². The molecule has 10 nitrogen and oxygen atoms in total. The van der Waals surface area contributed by atoms with Gasteiger partial charge in [0.15, 0.2) is 51.0 Å². The Bertz CT molecular complexity index is 2700. The quantitative estimate of drug-likeness (QED) is 0.0728. The second-order valence-corrected chi connectivity index (χ2v) is 14.6. The van der Waals surface area contributed by atoms with E-state index in [1.54, 1.807) is 0 Å². The van der Waals surface area contributed by atoms with Gasteiger partial charge in [-0.2, -0.15) is 18.3 Å². The molecule has 1 radical (unpaired) electrons. The minimum absolute atomic E-state index is 0. The van der Waals surface area contributed by atoms with Gasteiger partial charge in [0.05, 0.1) is 67.1 Å². The monoisotopic (exact) mass is 872 g/mol. The van der Waals surface area contributed by atoms with Gasteiger partial charge in [-0.1, -0.05) is 26.3 Å². The molecule has 0 spiro atoms. The van der Waals surface area contributed by atoms with E-state index >= 15 is 0 Å². The molecule has 2 aliphatic rings. The molecule has 5 N–H and O–H groups in total. The van der Waals surface area contributed by atoms with E-state index in [4.69, 9.17) is 9.97 Å². The summed E-state index contributed by atoms with van der Waals surface area (Å²) < 4.78 is 8.82. The Morgan fingerprint density at radius 1 is 0.397 bits per heavy atom. The van der Waals surface area contributed by atoms with Gasteiger partial charge in [-0.15, -0.1) is 0 Å². The van der Waals surface area contributed by atoms with Crippen molar-refractivity contribution >= 4 is 46.4 Å². The number of aromatic nitrogens is 8. The van der Waals surface area contributed by atoms with E-state index in [9.17, 15) is 0 Å². The molecule has 0 aliphatic carbocycles. The standard InChI is InChI=1S/C52H45N8.Mn.2H2O/c1-5-29-57-33-13-9-17-45(57)49-37-21-23-39(53-37)50(46-18-10-14-34-58(46)30-6-2)41-25-27-43(55-41)52(48-20-12-16-36-60(48)32-8-4)44-28-26-42(56-44)51(40-24-22-38(49)54-40)47-19-11-15-35-59(47)31-7-3;;;/h5-28,33-36H,1-4,29-32H2,(H,53,54,55,56);;2*1H2/q+3;+2;;. The fourth-order valence-corrected chi connectivity index (χ4v) is 8.29. The van der Waals surface area contributed by atoms with Crippen molar-refractivity contribution in [2.75, 3.05) is 0 Å². The zero-order valence-corrected chi connectivity index (χ0v) is 36.0. The summed E-state index contributed by atoms with van der Waals surface area (Å²) in [6.45, 7) is 18.8. The van der Waals surface area contributed by atoms with E-state index in [0.29, 0.717) is 26.2 Å². The van der Waals surface area contributed by atoms with Crippen LogP contribution in [0.25, 0.3) is 91.4 Å². The van der Waals surface area contributed by atoms with Gasteiger partial charge >= 0.3 is 17.1 Å². The Morgan fingerprint density at radius 2 is 0.635 bits per heavy atom. The van der Waals surface area contributed by atoms with Crippen molar-refractivity contribution in [2.45, 2.75) is 26.2 Å². The topological polar surface area (TPSA) is 134 Å². The fraction of sp³-hybridized carbons (Fsp3) is 0.0769. The minimum atomic E-state index is 0. The van der Waals surface area contributed by atoms with Crippen LogP contribution in [0.4, 0.5) is 0 Å². The van der Waals surface area contributed by atoms with Gasteiger partial charge in [0.2, 0.25) is 22.8 Å². The molecule has 7 aromatic rings. The summed E-state index contributed by atoms with van der Waals surface area (Å²) in [7, 11) is 0. The van der Waals surface area contributed by atoms with Crippen LogP contribution in [0.15, 0.2) is 172 Å². The molecule has 2 aliphatic heterocycles. The molecule has 311 valence electrons. The Kier molecular flexibility index (Phi) is 14.3. The van der Waals surface area contributed by atoms with Crippen LogP contribution in [0.3, 0.4) is 0 Å². The van der Waals surface area contributed by atoms with Crippen molar-refractivity contribution in [3.8, 4) is 45.0 Å². The van der Waals surface area contributed by atoms with Crippen molar-refractivity contribution in [2.24, 2.45) is 0 Å². The van der Waals surface area contributed by atoms with E-state index < -0.39 is 0 Å². The predicted molar refractivity (Wildman–Crippen MR) is 248 cm³/mol. The number of nitrogens with one attached hydrogen (secondary N) is 2. The number of H-pyrrole nitrogens is 2. The second-order valence-electron chi connectivity index (χ2n) is 14.6. The van der Waals surface area contributed by atoms with Gasteiger partial charge in [0.25, 0.3) is 0 Å². The summed E-state index contributed by atoms with van der Waals surface area (Å²) in [4.78, 5) is 18.8. The summed E-state index contributed by atoms with van der Waals surface area (Å²) in [6.07, 6.45) is 24.6. The fourth-order valence-electron chi connectivity index (χ4n) is 8.29. The molecule has 63 heavy (non-hydrogen) atoms. The SMILES string of the molecule is C=CC[n+]1ccccc1-c1c2nc(c(-c3cccc[n+]3CC=C)c3ccc([nH]3)c(-c3cccc[n+]3CC=C)c3nc(c(-c4cccc[n+]4CC=C)c4ccc1[nH]4)C=C3)C=C2.O.[Mn+2].[OH-]. The van der Waals surface area contributed by atoms with Gasteiger partial charge in [0.1, 0.15) is 0 Å². The average Bonchev–Trinajstić information content (AvgIpc) is 4.12. The average molecular weight is 873 g/mol. The molecule has 0 amide bonds. The van der Waals surface area contributed by atoms with Crippen LogP contribution in [-0.2, 0) is 43.2 Å². The Hall–Kier alpha value is -7.40. The zero-order chi connectivity index (χ0) is 41.0. The second kappa shape index (κ2) is 20.0. The van der Waals surface area contributed by atoms with Crippen LogP contribution >= 0.6 is 0 Å². The maximum absolute atomic E-state index is 5.52. The van der Waals surface area contributed by atoms with Gasteiger partial charge in [0, 0.05) is 48.5 Å². The number of rotatable bonds is 12. The number of allylic oxidation sites excluding steroid dienone is 4. The smallest absolute Gasteiger partial charge is 0.870 e. The van der Waals surface area contributed by atoms with E-state index in [1.165, 1.54) is 0 Å². The van der Waals surface area contributed by atoms with E-state index in [0.717, 1.165) is 89.9 Å². The summed E-state index contributed by atoms with van der Waals surface area (Å²) in [6, 6.07) is 33.7. The molecule has 11 heteroatoms. The third-order valence-electron chi connectivity index (χ3n) is 10.8. The third kappa shape index (κ3) is 8.59. The molecule has 0 saturated heterocycles. The van der Waals surface area contributed by atoms with Crippen LogP contribution in [0.1, 0.15) is 22.8 Å². The number of nitrogens with zero attached hydrogens (tertiary/aromatic N) is 6. The van der Waals surface area contributed by atoms with E-state index in [2.05, 4.69) is 176 Å². The largest absolute Gasteiger partial charge is 2.00 e. The van der Waals surface area contributed by atoms with Crippen LogP contribution in [0.5, 0.6) is 0 Å². The van der Waals surface area contributed by atoms with Crippen LogP contribution in [0.2, 0.25) is 0 Å². The molecule has 0 saturated carbocycles. The van der Waals surface area contributed by atoms with Crippen LogP contribution in [-0.4, -0.2) is 30.9 Å². The third-order valence-corrected chi connectivity index (χ3v) is 10.8. The molecule has 8 bridgehead atoms. The van der Waals surface area contributed by atoms with Crippen molar-refractivity contribution < 1.29 is 46.3 Å². The number of hydrogen-bond acceptors (Lipinski definition) is 3. The van der Waals surface area contributed by atoms with Gasteiger partial charge in [-0.25, -0.2) is 9.97 Å². The molecule has 0 unspecified atom stereocenters. The van der Waals surface area contributed by atoms with Gasteiger partial charge in [-0.3, -0.25) is 0 Å². The molecule has 9 rings (SSSR count). The summed E-state index contributed by atoms with van der Waals surface area (Å²) in [5.74, 6) is 0. The van der Waals surface area contributed by atoms with Crippen LogP contribution < -0.4 is 18.3 Å². The summed E-state index contributed by atoms with van der Waals surface area (Å²) in [5.41, 5.74) is 14.9. The first-order valence-electron chi connectivity index (χ1n) is 20.1. The van der Waals surface area contributed by atoms with E-state index in [-0.39, 0.29) is 28.0 Å². The number of pyridine rings is 4. The number of aromatic amines is 2. The zero-order valence-electron chi connectivity index (χ0n) is 34.8. The Labute approximate surface area is 377 Å². The van der Waals surface area contributed by atoms with Crippen molar-refractivity contribution in [3.05, 3.63) is 195 Å². The molecule has 7 aromatic heterocycles. The molecular formula is C52H49MnN8O2+5. The van der Waals surface area contributed by atoms with Crippen molar-refractivity contribution in [3.63, 3.8) is 0 Å².